The maximum absolute atomic E-state index is 13.4. The third-order valence-corrected chi connectivity index (χ3v) is 3.41. The van der Waals surface area contributed by atoms with E-state index >= 15 is 0 Å². The van der Waals surface area contributed by atoms with Gasteiger partial charge in [-0.2, -0.15) is 0 Å². The van der Waals surface area contributed by atoms with Gasteiger partial charge in [0.05, 0.1) is 10.5 Å². The van der Waals surface area contributed by atoms with Crippen LogP contribution in [0.3, 0.4) is 0 Å². The average molecular weight is 316 g/mol. The summed E-state index contributed by atoms with van der Waals surface area (Å²) in [7, 11) is 0. The van der Waals surface area contributed by atoms with Crippen LogP contribution >= 0.6 is 15.9 Å². The normalized spacial score (nSPS) is 12.5. The molecule has 0 aromatic heterocycles. The van der Waals surface area contributed by atoms with E-state index in [-0.39, 0.29) is 4.47 Å². The molecule has 18 heavy (non-hydrogen) atoms. The van der Waals surface area contributed by atoms with Gasteiger partial charge in [-0.1, -0.05) is 18.2 Å². The Hall–Kier alpha value is -1.33. The first-order valence-electron chi connectivity index (χ1n) is 5.15. The molecule has 0 aliphatic carbocycles. The van der Waals surface area contributed by atoms with E-state index in [4.69, 9.17) is 5.73 Å². The molecule has 2 rings (SSSR count). The summed E-state index contributed by atoms with van der Waals surface area (Å²) < 4.78 is 39.4. The highest BCUT2D eigenvalue weighted by Crippen LogP contribution is 2.30. The molecule has 1 nitrogen and oxygen atoms in total. The molecule has 94 valence electrons. The van der Waals surface area contributed by atoms with Gasteiger partial charge in [0.25, 0.3) is 0 Å². The molecule has 1 atom stereocenters. The quantitative estimate of drug-likeness (QED) is 0.835. The fourth-order valence-electron chi connectivity index (χ4n) is 1.66. The summed E-state index contributed by atoms with van der Waals surface area (Å²) in [4.78, 5) is 0. The maximum atomic E-state index is 13.4. The van der Waals surface area contributed by atoms with Crippen molar-refractivity contribution in [2.24, 2.45) is 5.73 Å². The smallest absolute Gasteiger partial charge is 0.173 e. The van der Waals surface area contributed by atoms with Crippen molar-refractivity contribution >= 4 is 15.9 Å². The molecule has 1 unspecified atom stereocenters. The van der Waals surface area contributed by atoms with Gasteiger partial charge in [-0.25, -0.2) is 13.2 Å². The third kappa shape index (κ3) is 2.42. The van der Waals surface area contributed by atoms with E-state index in [1.165, 1.54) is 24.3 Å². The lowest BCUT2D eigenvalue weighted by Gasteiger charge is -2.15. The van der Waals surface area contributed by atoms with Crippen molar-refractivity contribution in [3.8, 4) is 0 Å². The molecule has 0 fully saturated rings. The van der Waals surface area contributed by atoms with Crippen LogP contribution in [0.1, 0.15) is 17.2 Å². The van der Waals surface area contributed by atoms with Gasteiger partial charge in [0.1, 0.15) is 5.82 Å². The number of rotatable bonds is 2. The fraction of sp³-hybridized carbons (Fsp3) is 0.0769. The van der Waals surface area contributed by atoms with E-state index in [1.54, 1.807) is 6.07 Å². The summed E-state index contributed by atoms with van der Waals surface area (Å²) in [6.45, 7) is 0. The Morgan fingerprint density at radius 3 is 2.44 bits per heavy atom. The van der Waals surface area contributed by atoms with Crippen molar-refractivity contribution in [3.63, 3.8) is 0 Å². The molecule has 0 bridgehead atoms. The molecule has 0 spiro atoms. The van der Waals surface area contributed by atoms with E-state index in [0.29, 0.717) is 11.1 Å². The lowest BCUT2D eigenvalue weighted by molar-refractivity contribution is 0.501. The lowest BCUT2D eigenvalue weighted by atomic mass is 9.99. The zero-order valence-electron chi connectivity index (χ0n) is 9.13. The van der Waals surface area contributed by atoms with Crippen LogP contribution in [-0.4, -0.2) is 0 Å². The number of halogens is 4. The van der Waals surface area contributed by atoms with Crippen molar-refractivity contribution in [3.05, 3.63) is 69.4 Å². The van der Waals surface area contributed by atoms with Gasteiger partial charge in [-0.15, -0.1) is 0 Å². The Balaban J connectivity index is 2.46. The van der Waals surface area contributed by atoms with E-state index < -0.39 is 23.5 Å². The van der Waals surface area contributed by atoms with Gasteiger partial charge in [0.2, 0.25) is 0 Å². The summed E-state index contributed by atoms with van der Waals surface area (Å²) >= 11 is 2.96. The Kier molecular flexibility index (Phi) is 3.73. The highest BCUT2D eigenvalue weighted by atomic mass is 79.9. The Labute approximate surface area is 111 Å². The maximum Gasteiger partial charge on any atom is 0.173 e. The van der Waals surface area contributed by atoms with Crippen LogP contribution < -0.4 is 5.73 Å². The number of hydrogen-bond donors (Lipinski definition) is 1. The minimum atomic E-state index is -1.00. The van der Waals surface area contributed by atoms with Gasteiger partial charge >= 0.3 is 0 Å². The Morgan fingerprint density at radius 2 is 1.78 bits per heavy atom. The van der Waals surface area contributed by atoms with Crippen LogP contribution in [0.5, 0.6) is 0 Å². The van der Waals surface area contributed by atoms with Gasteiger partial charge in [0, 0.05) is 0 Å². The second-order valence-corrected chi connectivity index (χ2v) is 4.59. The van der Waals surface area contributed by atoms with Gasteiger partial charge < -0.3 is 5.73 Å². The first kappa shape index (κ1) is 13.1. The van der Waals surface area contributed by atoms with Crippen LogP contribution in [0.2, 0.25) is 0 Å². The monoisotopic (exact) mass is 315 g/mol. The van der Waals surface area contributed by atoms with Crippen LogP contribution in [0.15, 0.2) is 40.9 Å². The van der Waals surface area contributed by atoms with Crippen LogP contribution in [0.4, 0.5) is 13.2 Å². The van der Waals surface area contributed by atoms with Gasteiger partial charge in [-0.05, 0) is 45.3 Å². The molecule has 0 radical (unpaired) electrons. The molecule has 0 aliphatic heterocycles. The van der Waals surface area contributed by atoms with Crippen molar-refractivity contribution in [1.82, 2.24) is 0 Å². The SMILES string of the molecule is NC(c1cccc(F)c1)c1ccc(F)c(F)c1Br. The standard InChI is InChI=1S/C13H9BrF3N/c14-11-9(4-5-10(16)12(11)17)13(18)7-2-1-3-8(15)6-7/h1-6,13H,18H2. The lowest BCUT2D eigenvalue weighted by Crippen LogP contribution is -2.13. The van der Waals surface area contributed by atoms with Crippen LogP contribution in [0.25, 0.3) is 0 Å². The molecule has 5 heteroatoms. The predicted molar refractivity (Wildman–Crippen MR) is 66.5 cm³/mol. The largest absolute Gasteiger partial charge is 0.320 e. The molecule has 0 heterocycles. The fourth-order valence-corrected chi connectivity index (χ4v) is 2.23. The summed E-state index contributed by atoms with van der Waals surface area (Å²) in [5.41, 5.74) is 6.77. The minimum absolute atomic E-state index is 0.0424. The number of benzene rings is 2. The summed E-state index contributed by atoms with van der Waals surface area (Å²) in [6, 6.07) is 7.33. The van der Waals surface area contributed by atoms with E-state index in [9.17, 15) is 13.2 Å². The molecule has 2 aromatic rings. The van der Waals surface area contributed by atoms with Crippen LogP contribution in [-0.2, 0) is 0 Å². The minimum Gasteiger partial charge on any atom is -0.320 e. The second kappa shape index (κ2) is 5.12. The molecule has 0 aliphatic rings. The number of hydrogen-bond acceptors (Lipinski definition) is 1. The second-order valence-electron chi connectivity index (χ2n) is 3.80. The average Bonchev–Trinajstić information content (AvgIpc) is 2.35. The predicted octanol–water partition coefficient (Wildman–Crippen LogP) is 3.91. The van der Waals surface area contributed by atoms with Crippen molar-refractivity contribution in [1.29, 1.82) is 0 Å². The molecule has 0 saturated heterocycles. The van der Waals surface area contributed by atoms with Crippen molar-refractivity contribution in [2.75, 3.05) is 0 Å². The van der Waals surface area contributed by atoms with Crippen molar-refractivity contribution < 1.29 is 13.2 Å². The Morgan fingerprint density at radius 1 is 1.06 bits per heavy atom. The van der Waals surface area contributed by atoms with Gasteiger partial charge in [0.15, 0.2) is 11.6 Å². The van der Waals surface area contributed by atoms with Crippen molar-refractivity contribution in [2.45, 2.75) is 6.04 Å². The molecular weight excluding hydrogens is 307 g/mol. The first-order valence-corrected chi connectivity index (χ1v) is 5.94. The topological polar surface area (TPSA) is 26.0 Å². The van der Waals surface area contributed by atoms with E-state index in [1.807, 2.05) is 0 Å². The molecule has 2 aromatic carbocycles. The highest BCUT2D eigenvalue weighted by molar-refractivity contribution is 9.10. The number of nitrogens with two attached hydrogens (primary N) is 1. The molecule has 0 amide bonds. The zero-order valence-corrected chi connectivity index (χ0v) is 10.7. The van der Waals surface area contributed by atoms with E-state index in [2.05, 4.69) is 15.9 Å². The molecule has 2 N–H and O–H groups in total. The molecule has 0 saturated carbocycles. The van der Waals surface area contributed by atoms with Gasteiger partial charge in [-0.3, -0.25) is 0 Å². The summed E-state index contributed by atoms with van der Waals surface area (Å²) in [5, 5.41) is 0. The molecular formula is C13H9BrF3N. The zero-order chi connectivity index (χ0) is 13.3. The third-order valence-electron chi connectivity index (χ3n) is 2.61. The summed E-state index contributed by atoms with van der Waals surface area (Å²) in [5.74, 6) is -2.39. The Bertz CT molecular complexity index is 586. The van der Waals surface area contributed by atoms with Crippen LogP contribution in [0, 0.1) is 17.5 Å². The highest BCUT2D eigenvalue weighted by Gasteiger charge is 2.17. The summed E-state index contributed by atoms with van der Waals surface area (Å²) in [6.07, 6.45) is 0. The first-order chi connectivity index (χ1) is 8.50. The van der Waals surface area contributed by atoms with E-state index in [0.717, 1.165) is 6.07 Å².